The number of benzene rings is 1. The van der Waals surface area contributed by atoms with Crippen LogP contribution in [0.2, 0.25) is 0 Å². The molecule has 0 radical (unpaired) electrons. The maximum Gasteiger partial charge on any atom is 0.288 e. The highest BCUT2D eigenvalue weighted by Gasteiger charge is 2.27. The lowest BCUT2D eigenvalue weighted by atomic mass is 10.0. The molecule has 0 fully saturated rings. The van der Waals surface area contributed by atoms with E-state index in [1.165, 1.54) is 0 Å². The number of rotatable bonds is 2. The largest absolute Gasteiger partial charge is 0.352 e. The zero-order chi connectivity index (χ0) is 16.6. The number of aromatic nitrogens is 3. The van der Waals surface area contributed by atoms with E-state index >= 15 is 0 Å². The van der Waals surface area contributed by atoms with Crippen LogP contribution in [0.3, 0.4) is 0 Å². The van der Waals surface area contributed by atoms with Gasteiger partial charge in [-0.1, -0.05) is 17.7 Å². The number of hydrogen-bond acceptors (Lipinski definition) is 4. The Balaban J connectivity index is 1.83. The van der Waals surface area contributed by atoms with E-state index in [-0.39, 0.29) is 11.8 Å². The van der Waals surface area contributed by atoms with Crippen molar-refractivity contribution in [2.75, 3.05) is 13.6 Å². The van der Waals surface area contributed by atoms with Crippen LogP contribution < -0.4 is 5.32 Å². The third-order valence-electron chi connectivity index (χ3n) is 4.08. The molecule has 1 aliphatic rings. The second-order valence-electron chi connectivity index (χ2n) is 5.72. The summed E-state index contributed by atoms with van der Waals surface area (Å²) in [5, 5.41) is 10.5. The lowest BCUT2D eigenvalue weighted by Crippen LogP contribution is -2.39. The fourth-order valence-corrected chi connectivity index (χ4v) is 2.83. The Morgan fingerprint density at radius 1 is 1.17 bits per heavy atom. The molecule has 1 aromatic heterocycles. The second kappa shape index (κ2) is 5.83. The van der Waals surface area contributed by atoms with E-state index < -0.39 is 0 Å². The smallest absolute Gasteiger partial charge is 0.288 e. The zero-order valence-corrected chi connectivity index (χ0v) is 13.5. The van der Waals surface area contributed by atoms with E-state index in [0.29, 0.717) is 36.8 Å². The van der Waals surface area contributed by atoms with E-state index in [1.807, 2.05) is 32.0 Å². The predicted octanol–water partition coefficient (Wildman–Crippen LogP) is 0.911. The van der Waals surface area contributed by atoms with Crippen LogP contribution in [-0.2, 0) is 13.1 Å². The molecule has 7 nitrogen and oxygen atoms in total. The first-order valence-corrected chi connectivity index (χ1v) is 7.52. The van der Waals surface area contributed by atoms with Crippen LogP contribution in [0.15, 0.2) is 18.2 Å². The molecule has 2 heterocycles. The Hall–Kier alpha value is -2.70. The molecule has 0 spiro atoms. The van der Waals surface area contributed by atoms with Crippen LogP contribution >= 0.6 is 0 Å². The maximum absolute atomic E-state index is 12.7. The van der Waals surface area contributed by atoms with Gasteiger partial charge in [0, 0.05) is 25.7 Å². The first-order valence-electron chi connectivity index (χ1n) is 7.52. The molecule has 0 atom stereocenters. The van der Waals surface area contributed by atoms with Gasteiger partial charge in [-0.3, -0.25) is 9.59 Å². The fraction of sp³-hybridized carbons (Fsp3) is 0.375. The van der Waals surface area contributed by atoms with Gasteiger partial charge in [-0.05, 0) is 25.5 Å². The van der Waals surface area contributed by atoms with Crippen LogP contribution in [0.4, 0.5) is 0 Å². The highest BCUT2D eigenvalue weighted by atomic mass is 16.2. The minimum absolute atomic E-state index is 0.0155. The van der Waals surface area contributed by atoms with Crippen molar-refractivity contribution in [2.45, 2.75) is 26.9 Å². The number of nitrogens with zero attached hydrogens (tertiary/aromatic N) is 4. The normalized spacial score (nSPS) is 13.6. The van der Waals surface area contributed by atoms with Gasteiger partial charge >= 0.3 is 0 Å². The molecule has 1 aliphatic heterocycles. The molecule has 2 aromatic rings. The number of amides is 2. The second-order valence-corrected chi connectivity index (χ2v) is 5.72. The van der Waals surface area contributed by atoms with Gasteiger partial charge in [0.25, 0.3) is 11.8 Å². The average molecular weight is 313 g/mol. The van der Waals surface area contributed by atoms with Gasteiger partial charge in [-0.2, -0.15) is 0 Å². The lowest BCUT2D eigenvalue weighted by molar-refractivity contribution is 0.0705. The average Bonchev–Trinajstić information content (AvgIpc) is 2.96. The molecule has 1 N–H and O–H groups in total. The summed E-state index contributed by atoms with van der Waals surface area (Å²) in [5.74, 6) is 0.644. The van der Waals surface area contributed by atoms with Crippen molar-refractivity contribution in [3.8, 4) is 0 Å². The topological polar surface area (TPSA) is 80.1 Å². The Bertz CT molecular complexity index is 781. The number of carbonyl (C=O) groups excluding carboxylic acids is 2. The molecule has 1 aromatic carbocycles. The molecule has 0 saturated heterocycles. The molecule has 0 aliphatic carbocycles. The first kappa shape index (κ1) is 15.2. The quantitative estimate of drug-likeness (QED) is 0.894. The molecule has 0 unspecified atom stereocenters. The molecular formula is C16H19N5O2. The van der Waals surface area contributed by atoms with E-state index in [4.69, 9.17) is 0 Å². The van der Waals surface area contributed by atoms with Crippen LogP contribution in [0.1, 0.15) is 37.9 Å². The minimum atomic E-state index is -0.266. The zero-order valence-electron chi connectivity index (χ0n) is 13.5. The van der Waals surface area contributed by atoms with Gasteiger partial charge in [0.05, 0.1) is 6.54 Å². The Morgan fingerprint density at radius 2 is 1.96 bits per heavy atom. The summed E-state index contributed by atoms with van der Waals surface area (Å²) in [6, 6.07) is 5.81. The molecule has 2 amide bonds. The van der Waals surface area contributed by atoms with Gasteiger partial charge in [0.2, 0.25) is 5.82 Å². The van der Waals surface area contributed by atoms with E-state index in [2.05, 4.69) is 15.5 Å². The number of nitrogens with one attached hydrogen (secondary N) is 1. The van der Waals surface area contributed by atoms with Crippen molar-refractivity contribution in [3.05, 3.63) is 46.5 Å². The van der Waals surface area contributed by atoms with Crippen LogP contribution in [0, 0.1) is 13.8 Å². The predicted molar refractivity (Wildman–Crippen MR) is 84.1 cm³/mol. The highest BCUT2D eigenvalue weighted by Crippen LogP contribution is 2.18. The molecule has 0 saturated carbocycles. The fourth-order valence-electron chi connectivity index (χ4n) is 2.83. The van der Waals surface area contributed by atoms with Gasteiger partial charge in [0.15, 0.2) is 5.82 Å². The van der Waals surface area contributed by atoms with E-state index in [0.717, 1.165) is 11.1 Å². The molecule has 0 bridgehead atoms. The summed E-state index contributed by atoms with van der Waals surface area (Å²) in [5.41, 5.74) is 2.80. The third-order valence-corrected chi connectivity index (χ3v) is 4.08. The first-order chi connectivity index (χ1) is 11.0. The van der Waals surface area contributed by atoms with Gasteiger partial charge in [0.1, 0.15) is 0 Å². The van der Waals surface area contributed by atoms with Crippen molar-refractivity contribution >= 4 is 11.8 Å². The number of hydrogen-bond donors (Lipinski definition) is 1. The van der Waals surface area contributed by atoms with Crippen LogP contribution in [0.5, 0.6) is 0 Å². The molecule has 7 heteroatoms. The van der Waals surface area contributed by atoms with Crippen molar-refractivity contribution < 1.29 is 9.59 Å². The Kier molecular flexibility index (Phi) is 3.85. The number of fused-ring (bicyclic) bond motifs is 1. The Labute approximate surface area is 134 Å². The van der Waals surface area contributed by atoms with Crippen molar-refractivity contribution in [1.29, 1.82) is 0 Å². The van der Waals surface area contributed by atoms with E-state index in [9.17, 15) is 9.59 Å². The Morgan fingerprint density at radius 3 is 2.65 bits per heavy atom. The molecular weight excluding hydrogens is 294 g/mol. The van der Waals surface area contributed by atoms with Crippen molar-refractivity contribution in [3.63, 3.8) is 0 Å². The van der Waals surface area contributed by atoms with Gasteiger partial charge in [-0.25, -0.2) is 0 Å². The lowest BCUT2D eigenvalue weighted by Gasteiger charge is -2.28. The van der Waals surface area contributed by atoms with Crippen LogP contribution in [0.25, 0.3) is 0 Å². The molecule has 3 rings (SSSR count). The SMILES string of the molecule is CNC(=O)c1nnc2n1CCN(C(=O)c1ccc(C)cc1C)C2. The maximum atomic E-state index is 12.7. The van der Waals surface area contributed by atoms with E-state index in [1.54, 1.807) is 16.5 Å². The highest BCUT2D eigenvalue weighted by molar-refractivity contribution is 5.95. The summed E-state index contributed by atoms with van der Waals surface area (Å²) in [4.78, 5) is 26.2. The minimum Gasteiger partial charge on any atom is -0.352 e. The molecule has 120 valence electrons. The van der Waals surface area contributed by atoms with Gasteiger partial charge < -0.3 is 14.8 Å². The third kappa shape index (κ3) is 2.69. The summed E-state index contributed by atoms with van der Waals surface area (Å²) in [6.07, 6.45) is 0. The monoisotopic (exact) mass is 313 g/mol. The van der Waals surface area contributed by atoms with Crippen LogP contribution in [-0.4, -0.2) is 45.1 Å². The summed E-state index contributed by atoms with van der Waals surface area (Å²) in [7, 11) is 1.56. The number of carbonyl (C=O) groups is 2. The summed E-state index contributed by atoms with van der Waals surface area (Å²) in [6.45, 7) is 5.35. The van der Waals surface area contributed by atoms with Crippen molar-refractivity contribution in [1.82, 2.24) is 25.0 Å². The van der Waals surface area contributed by atoms with Crippen molar-refractivity contribution in [2.24, 2.45) is 0 Å². The summed E-state index contributed by atoms with van der Waals surface area (Å²) < 4.78 is 1.77. The standard InChI is InChI=1S/C16H19N5O2/c1-10-4-5-12(11(2)8-10)16(23)20-6-7-21-13(9-20)18-19-14(21)15(22)17-3/h4-5,8H,6-7,9H2,1-3H3,(H,17,22). The molecule has 23 heavy (non-hydrogen) atoms. The summed E-state index contributed by atoms with van der Waals surface area (Å²) >= 11 is 0. The van der Waals surface area contributed by atoms with Gasteiger partial charge in [-0.15, -0.1) is 10.2 Å². The number of aryl methyl sites for hydroxylation is 2.